The number of rotatable bonds is 6. The van der Waals surface area contributed by atoms with Crippen molar-refractivity contribution in [1.29, 1.82) is 0 Å². The van der Waals surface area contributed by atoms with Gasteiger partial charge >= 0.3 is 0 Å². The van der Waals surface area contributed by atoms with Gasteiger partial charge in [0.2, 0.25) is 5.82 Å². The monoisotopic (exact) mass is 364 g/mol. The van der Waals surface area contributed by atoms with Gasteiger partial charge in [0.15, 0.2) is 4.87 Å². The number of aromatic amines is 1. The van der Waals surface area contributed by atoms with Crippen molar-refractivity contribution >= 4 is 30.7 Å². The van der Waals surface area contributed by atoms with E-state index < -0.39 is 4.87 Å². The van der Waals surface area contributed by atoms with Gasteiger partial charge in [-0.2, -0.15) is 5.21 Å². The molecule has 24 heavy (non-hydrogen) atoms. The second kappa shape index (κ2) is 7.12. The average Bonchev–Trinajstić information content (AvgIpc) is 3.25. The van der Waals surface area contributed by atoms with E-state index in [0.29, 0.717) is 5.82 Å². The number of nitrogens with zero attached hydrogens (tertiary/aromatic N) is 5. The Labute approximate surface area is 150 Å². The predicted octanol–water partition coefficient (Wildman–Crippen LogP) is 2.23. The fourth-order valence-electron chi connectivity index (χ4n) is 2.82. The van der Waals surface area contributed by atoms with Crippen LogP contribution in [0.1, 0.15) is 38.1 Å². The van der Waals surface area contributed by atoms with Crippen LogP contribution in [0.15, 0.2) is 30.3 Å². The number of likely N-dealkylation sites (N-methyl/N-ethyl adjacent to an activating group) is 1. The number of carbonyl (C=O) groups is 1. The minimum Gasteiger partial charge on any atom is -0.272 e. The summed E-state index contributed by atoms with van der Waals surface area (Å²) in [5.74, 6) is 0.374. The molecule has 2 atom stereocenters. The summed E-state index contributed by atoms with van der Waals surface area (Å²) < 4.78 is 3.75. The molecule has 2 heterocycles. The van der Waals surface area contributed by atoms with Crippen LogP contribution in [0, 0.1) is 0 Å². The number of thiol groups is 1. The van der Waals surface area contributed by atoms with Gasteiger partial charge in [-0.1, -0.05) is 55.8 Å². The molecule has 0 saturated carbocycles. The molecule has 0 aliphatic carbocycles. The van der Waals surface area contributed by atoms with E-state index in [0.717, 1.165) is 24.9 Å². The molecule has 1 aromatic carbocycles. The molecule has 1 N–H and O–H groups in total. The number of tetrazole rings is 1. The van der Waals surface area contributed by atoms with Gasteiger partial charge in [-0.25, -0.2) is 8.61 Å². The SMILES string of the molecule is CCCC1C(=O)N(C(S)(c2ccccc2)c2nn[nH]n2)SN1CC. The number of benzene rings is 1. The number of carbonyl (C=O) groups excluding carboxylic acids is 1. The molecule has 0 radical (unpaired) electrons. The van der Waals surface area contributed by atoms with Crippen molar-refractivity contribution in [3.63, 3.8) is 0 Å². The molecular formula is C15H20N6OS2. The molecule has 9 heteroatoms. The van der Waals surface area contributed by atoms with E-state index in [4.69, 9.17) is 12.6 Å². The van der Waals surface area contributed by atoms with E-state index in [1.54, 1.807) is 4.31 Å². The summed E-state index contributed by atoms with van der Waals surface area (Å²) in [5, 5.41) is 14.4. The lowest BCUT2D eigenvalue weighted by molar-refractivity contribution is -0.129. The summed E-state index contributed by atoms with van der Waals surface area (Å²) in [6, 6.07) is 9.42. The molecule has 128 valence electrons. The molecule has 2 unspecified atom stereocenters. The molecule has 2 aromatic rings. The second-order valence-electron chi connectivity index (χ2n) is 5.53. The number of hydrogen-bond acceptors (Lipinski definition) is 7. The minimum absolute atomic E-state index is 0.0207. The molecule has 0 spiro atoms. The van der Waals surface area contributed by atoms with E-state index in [9.17, 15) is 4.79 Å². The maximum absolute atomic E-state index is 13.1. The first-order chi connectivity index (χ1) is 11.6. The number of amides is 1. The topological polar surface area (TPSA) is 78.0 Å². The summed E-state index contributed by atoms with van der Waals surface area (Å²) >= 11 is 6.26. The molecule has 1 aromatic heterocycles. The Kier molecular flexibility index (Phi) is 5.12. The van der Waals surface area contributed by atoms with Crippen molar-refractivity contribution < 1.29 is 4.79 Å². The van der Waals surface area contributed by atoms with Gasteiger partial charge in [0.25, 0.3) is 5.91 Å². The average molecular weight is 365 g/mol. The smallest absolute Gasteiger partial charge is 0.253 e. The van der Waals surface area contributed by atoms with Gasteiger partial charge in [-0.05, 0) is 12.0 Å². The van der Waals surface area contributed by atoms with Gasteiger partial charge in [0.1, 0.15) is 6.04 Å². The largest absolute Gasteiger partial charge is 0.272 e. The fourth-order valence-corrected chi connectivity index (χ4v) is 4.41. The van der Waals surface area contributed by atoms with Crippen molar-refractivity contribution in [3.05, 3.63) is 41.7 Å². The zero-order chi connectivity index (χ0) is 17.2. The van der Waals surface area contributed by atoms with E-state index in [2.05, 4.69) is 31.9 Å². The first kappa shape index (κ1) is 17.2. The van der Waals surface area contributed by atoms with Gasteiger partial charge in [-0.3, -0.25) is 4.79 Å². The van der Waals surface area contributed by atoms with Crippen LogP contribution in [-0.4, -0.2) is 47.7 Å². The van der Waals surface area contributed by atoms with Crippen LogP contribution >= 0.6 is 24.8 Å². The molecule has 1 aliphatic rings. The van der Waals surface area contributed by atoms with E-state index >= 15 is 0 Å². The Hall–Kier alpha value is -1.58. The minimum atomic E-state index is -1.09. The van der Waals surface area contributed by atoms with Gasteiger partial charge < -0.3 is 0 Å². The van der Waals surface area contributed by atoms with E-state index in [1.807, 2.05) is 37.3 Å². The molecule has 7 nitrogen and oxygen atoms in total. The van der Waals surface area contributed by atoms with Gasteiger partial charge in [-0.15, -0.1) is 22.8 Å². The third-order valence-electron chi connectivity index (χ3n) is 4.02. The quantitative estimate of drug-likeness (QED) is 0.605. The normalized spacial score (nSPS) is 21.2. The number of nitrogens with one attached hydrogen (secondary N) is 1. The Morgan fingerprint density at radius 2 is 2.08 bits per heavy atom. The Balaban J connectivity index is 2.06. The van der Waals surface area contributed by atoms with Crippen LogP contribution in [0.25, 0.3) is 0 Å². The van der Waals surface area contributed by atoms with Crippen molar-refractivity contribution in [2.75, 3.05) is 6.54 Å². The Bertz CT molecular complexity index is 683. The lowest BCUT2D eigenvalue weighted by Gasteiger charge is -2.33. The standard InChI is InChI=1S/C15H20N6OS2/c1-3-8-12-13(22)21(24-20(12)4-2)15(23,14-16-18-19-17-14)11-9-6-5-7-10-11/h5-7,9-10,12,23H,3-4,8H2,1-2H3,(H,16,17,18,19). The van der Waals surface area contributed by atoms with Crippen LogP contribution < -0.4 is 0 Å². The van der Waals surface area contributed by atoms with Crippen LogP contribution in [0.3, 0.4) is 0 Å². The number of H-pyrrole nitrogens is 1. The summed E-state index contributed by atoms with van der Waals surface area (Å²) in [6.45, 7) is 4.89. The van der Waals surface area contributed by atoms with Crippen molar-refractivity contribution in [3.8, 4) is 0 Å². The first-order valence-corrected chi connectivity index (χ1v) is 9.11. The summed E-state index contributed by atoms with van der Waals surface area (Å²) in [4.78, 5) is 12.0. The van der Waals surface area contributed by atoms with Crippen molar-refractivity contribution in [1.82, 2.24) is 29.2 Å². The molecule has 0 bridgehead atoms. The van der Waals surface area contributed by atoms with Crippen molar-refractivity contribution in [2.24, 2.45) is 0 Å². The Morgan fingerprint density at radius 1 is 1.33 bits per heavy atom. The van der Waals surface area contributed by atoms with Crippen LogP contribution in [-0.2, 0) is 9.67 Å². The zero-order valence-corrected chi connectivity index (χ0v) is 15.3. The summed E-state index contributed by atoms with van der Waals surface area (Å²) in [7, 11) is 0. The van der Waals surface area contributed by atoms with Gasteiger partial charge in [0, 0.05) is 18.7 Å². The Morgan fingerprint density at radius 3 is 2.67 bits per heavy atom. The lowest BCUT2D eigenvalue weighted by atomic mass is 10.0. The zero-order valence-electron chi connectivity index (χ0n) is 13.6. The van der Waals surface area contributed by atoms with Gasteiger partial charge in [0.05, 0.1) is 0 Å². The molecule has 1 fully saturated rings. The van der Waals surface area contributed by atoms with E-state index in [1.165, 1.54) is 12.1 Å². The molecular weight excluding hydrogens is 344 g/mol. The molecule has 1 aliphatic heterocycles. The van der Waals surface area contributed by atoms with Crippen LogP contribution in [0.4, 0.5) is 0 Å². The third kappa shape index (κ3) is 2.80. The van der Waals surface area contributed by atoms with Crippen molar-refractivity contribution in [2.45, 2.75) is 37.6 Å². The second-order valence-corrected chi connectivity index (χ2v) is 7.17. The molecule has 3 rings (SSSR count). The summed E-state index contributed by atoms with van der Waals surface area (Å²) in [5.41, 5.74) is 0.823. The molecule has 1 saturated heterocycles. The predicted molar refractivity (Wildman–Crippen MR) is 95.9 cm³/mol. The number of aromatic nitrogens is 4. The van der Waals surface area contributed by atoms with Crippen LogP contribution in [0.5, 0.6) is 0 Å². The van der Waals surface area contributed by atoms with E-state index in [-0.39, 0.29) is 11.9 Å². The highest BCUT2D eigenvalue weighted by Gasteiger charge is 2.51. The third-order valence-corrected chi connectivity index (χ3v) is 6.15. The summed E-state index contributed by atoms with van der Waals surface area (Å²) in [6.07, 6.45) is 1.75. The molecule has 1 amide bonds. The number of hydrogen-bond donors (Lipinski definition) is 2. The fraction of sp³-hybridized carbons (Fsp3) is 0.467. The highest BCUT2D eigenvalue weighted by molar-refractivity contribution is 7.96. The first-order valence-electron chi connectivity index (χ1n) is 7.93. The maximum atomic E-state index is 13.1. The van der Waals surface area contributed by atoms with Crippen LogP contribution in [0.2, 0.25) is 0 Å². The maximum Gasteiger partial charge on any atom is 0.253 e. The highest BCUT2D eigenvalue weighted by Crippen LogP contribution is 2.47. The lowest BCUT2D eigenvalue weighted by Crippen LogP contribution is -2.43. The highest BCUT2D eigenvalue weighted by atomic mass is 32.2.